The van der Waals surface area contributed by atoms with Gasteiger partial charge in [-0.3, -0.25) is 0 Å². The maximum atomic E-state index is 14.2. The summed E-state index contributed by atoms with van der Waals surface area (Å²) in [6, 6.07) is 1.65. The molecule has 10 heteroatoms. The Bertz CT molecular complexity index is 866. The number of nitrogens with zero attached hydrogens (tertiary/aromatic N) is 3. The summed E-state index contributed by atoms with van der Waals surface area (Å²) in [6.45, 7) is 8.89. The highest BCUT2D eigenvalue weighted by Crippen LogP contribution is 2.43. The van der Waals surface area contributed by atoms with E-state index in [9.17, 15) is 17.6 Å². The van der Waals surface area contributed by atoms with Gasteiger partial charge in [0.05, 0.1) is 13.2 Å². The van der Waals surface area contributed by atoms with Gasteiger partial charge in [0.2, 0.25) is 0 Å². The molecule has 1 aromatic rings. The topological polar surface area (TPSA) is 73.5 Å². The van der Waals surface area contributed by atoms with Crippen LogP contribution in [0.15, 0.2) is 36.3 Å². The van der Waals surface area contributed by atoms with Crippen molar-refractivity contribution in [3.8, 4) is 0 Å². The fourth-order valence-electron chi connectivity index (χ4n) is 3.70. The zero-order chi connectivity index (χ0) is 23.7. The molecule has 0 radical (unpaired) electrons. The normalized spacial score (nSPS) is 23.2. The molecular formula is C22H30F4N4O2. The van der Waals surface area contributed by atoms with E-state index in [1.54, 1.807) is 6.07 Å². The summed E-state index contributed by atoms with van der Waals surface area (Å²) < 4.78 is 64.2. The first-order valence-corrected chi connectivity index (χ1v) is 10.6. The number of hydrogen-bond donors (Lipinski definition) is 1. The van der Waals surface area contributed by atoms with Crippen LogP contribution in [0.3, 0.4) is 0 Å². The summed E-state index contributed by atoms with van der Waals surface area (Å²) in [5.41, 5.74) is 6.64. The van der Waals surface area contributed by atoms with Crippen LogP contribution in [-0.4, -0.2) is 47.5 Å². The molecule has 0 aromatic carbocycles. The first-order chi connectivity index (χ1) is 14.9. The van der Waals surface area contributed by atoms with Gasteiger partial charge in [0, 0.05) is 42.3 Å². The number of anilines is 1. The Kier molecular flexibility index (Phi) is 7.02. The Labute approximate surface area is 185 Å². The Morgan fingerprint density at radius 2 is 2.09 bits per heavy atom. The number of rotatable bonds is 8. The Hall–Kier alpha value is -2.36. The highest BCUT2D eigenvalue weighted by molar-refractivity contribution is 5.41. The van der Waals surface area contributed by atoms with Crippen molar-refractivity contribution in [2.24, 2.45) is 11.7 Å². The van der Waals surface area contributed by atoms with Gasteiger partial charge >= 0.3 is 6.18 Å². The molecule has 2 aliphatic rings. The molecule has 3 atom stereocenters. The minimum atomic E-state index is -4.45. The van der Waals surface area contributed by atoms with Crippen molar-refractivity contribution in [1.29, 1.82) is 0 Å². The molecule has 6 nitrogen and oxygen atoms in total. The van der Waals surface area contributed by atoms with Gasteiger partial charge < -0.3 is 20.1 Å². The highest BCUT2D eigenvalue weighted by Gasteiger charge is 2.44. The molecule has 178 valence electrons. The second-order valence-corrected chi connectivity index (χ2v) is 8.83. The van der Waals surface area contributed by atoms with Gasteiger partial charge in [-0.25, -0.2) is 14.4 Å². The van der Waals surface area contributed by atoms with Crippen LogP contribution >= 0.6 is 0 Å². The van der Waals surface area contributed by atoms with E-state index in [0.29, 0.717) is 17.2 Å². The van der Waals surface area contributed by atoms with Crippen molar-refractivity contribution in [2.75, 3.05) is 24.6 Å². The standard InChI is InChI=1S/C22H30F4N4O2/c1-13(16(15(3)27)9-18(14(2)23)32-21(4)5-6-21)17-10-20(29-12-28-17)30-7-8-31-19(11-30)22(24,25)26/h10,12-13,16,19H,3,5-9,11,27H2,1-2,4H3/b18-14-. The van der Waals surface area contributed by atoms with Crippen molar-refractivity contribution >= 4 is 5.82 Å². The third kappa shape index (κ3) is 5.90. The van der Waals surface area contributed by atoms with Crippen LogP contribution in [0.2, 0.25) is 0 Å². The SMILES string of the molecule is C=C(N)C(C/C(OC1(C)CC1)=C(\C)F)C(C)c1cc(N2CCOC(C(F)(F)F)C2)ncn1. The van der Waals surface area contributed by atoms with E-state index >= 15 is 0 Å². The number of alkyl halides is 3. The van der Waals surface area contributed by atoms with Crippen LogP contribution in [0, 0.1) is 5.92 Å². The lowest BCUT2D eigenvalue weighted by Crippen LogP contribution is -2.49. The van der Waals surface area contributed by atoms with Gasteiger partial charge in [-0.05, 0) is 26.7 Å². The van der Waals surface area contributed by atoms with Crippen molar-refractivity contribution < 1.29 is 27.0 Å². The van der Waals surface area contributed by atoms with Gasteiger partial charge in [0.1, 0.15) is 29.3 Å². The minimum Gasteiger partial charge on any atom is -0.489 e. The van der Waals surface area contributed by atoms with Crippen molar-refractivity contribution in [3.05, 3.63) is 41.9 Å². The number of aromatic nitrogens is 2. The van der Waals surface area contributed by atoms with E-state index in [0.717, 1.165) is 12.8 Å². The molecule has 3 rings (SSSR count). The highest BCUT2D eigenvalue weighted by atomic mass is 19.4. The number of nitrogens with two attached hydrogens (primary N) is 1. The van der Waals surface area contributed by atoms with Gasteiger partial charge in [0.25, 0.3) is 0 Å². The van der Waals surface area contributed by atoms with Crippen LogP contribution in [0.1, 0.15) is 51.6 Å². The molecule has 32 heavy (non-hydrogen) atoms. The number of ether oxygens (including phenoxy) is 2. The Balaban J connectivity index is 1.78. The first-order valence-electron chi connectivity index (χ1n) is 10.6. The lowest BCUT2D eigenvalue weighted by atomic mass is 9.85. The summed E-state index contributed by atoms with van der Waals surface area (Å²) in [5, 5.41) is 0. The van der Waals surface area contributed by atoms with Crippen molar-refractivity contribution in [1.82, 2.24) is 9.97 Å². The third-order valence-corrected chi connectivity index (χ3v) is 6.09. The van der Waals surface area contributed by atoms with Crippen LogP contribution < -0.4 is 10.6 Å². The van der Waals surface area contributed by atoms with Crippen LogP contribution in [0.5, 0.6) is 0 Å². The minimum absolute atomic E-state index is 0.0542. The van der Waals surface area contributed by atoms with Crippen molar-refractivity contribution in [3.63, 3.8) is 0 Å². The molecule has 2 fully saturated rings. The molecule has 1 saturated carbocycles. The van der Waals surface area contributed by atoms with Crippen molar-refractivity contribution in [2.45, 2.75) is 63.8 Å². The summed E-state index contributed by atoms with van der Waals surface area (Å²) in [6.07, 6.45) is -3.07. The van der Waals surface area contributed by atoms with Gasteiger partial charge in [-0.1, -0.05) is 13.5 Å². The number of morpholine rings is 1. The lowest BCUT2D eigenvalue weighted by Gasteiger charge is -2.34. The van der Waals surface area contributed by atoms with Crippen LogP contribution in [0.25, 0.3) is 0 Å². The molecule has 3 unspecified atom stereocenters. The molecule has 0 spiro atoms. The smallest absolute Gasteiger partial charge is 0.416 e. The van der Waals surface area contributed by atoms with Crippen LogP contribution in [0.4, 0.5) is 23.4 Å². The molecule has 1 aliphatic carbocycles. The van der Waals surface area contributed by atoms with E-state index in [2.05, 4.69) is 16.5 Å². The monoisotopic (exact) mass is 458 g/mol. The quantitative estimate of drug-likeness (QED) is 0.454. The van der Waals surface area contributed by atoms with Gasteiger partial charge in [-0.2, -0.15) is 13.2 Å². The lowest BCUT2D eigenvalue weighted by molar-refractivity contribution is -0.221. The van der Waals surface area contributed by atoms with Crippen LogP contribution in [-0.2, 0) is 9.47 Å². The van der Waals surface area contributed by atoms with E-state index in [4.69, 9.17) is 15.2 Å². The third-order valence-electron chi connectivity index (χ3n) is 6.09. The Morgan fingerprint density at radius 3 is 2.66 bits per heavy atom. The maximum Gasteiger partial charge on any atom is 0.416 e. The van der Waals surface area contributed by atoms with Gasteiger partial charge in [-0.15, -0.1) is 0 Å². The van der Waals surface area contributed by atoms with E-state index in [1.807, 2.05) is 13.8 Å². The second kappa shape index (κ2) is 9.25. The predicted molar refractivity (Wildman–Crippen MR) is 112 cm³/mol. The zero-order valence-corrected chi connectivity index (χ0v) is 18.6. The molecule has 2 N–H and O–H groups in total. The fourth-order valence-corrected chi connectivity index (χ4v) is 3.70. The van der Waals surface area contributed by atoms with E-state index in [-0.39, 0.29) is 49.3 Å². The summed E-state index contributed by atoms with van der Waals surface area (Å²) in [4.78, 5) is 9.99. The number of halogens is 4. The average molecular weight is 459 g/mol. The summed E-state index contributed by atoms with van der Waals surface area (Å²) >= 11 is 0. The van der Waals surface area contributed by atoms with E-state index < -0.39 is 18.1 Å². The van der Waals surface area contributed by atoms with E-state index in [1.165, 1.54) is 18.2 Å². The summed E-state index contributed by atoms with van der Waals surface area (Å²) in [7, 11) is 0. The summed E-state index contributed by atoms with van der Waals surface area (Å²) in [5.74, 6) is -0.470. The number of allylic oxidation sites excluding steroid dienone is 3. The molecule has 2 heterocycles. The largest absolute Gasteiger partial charge is 0.489 e. The average Bonchev–Trinajstić information content (AvgIpc) is 3.46. The fraction of sp³-hybridized carbons (Fsp3) is 0.636. The maximum absolute atomic E-state index is 14.2. The molecule has 1 aliphatic heterocycles. The molecule has 0 amide bonds. The second-order valence-electron chi connectivity index (χ2n) is 8.83. The molecule has 0 bridgehead atoms. The van der Waals surface area contributed by atoms with Gasteiger partial charge in [0.15, 0.2) is 6.10 Å². The number of hydrogen-bond acceptors (Lipinski definition) is 6. The zero-order valence-electron chi connectivity index (χ0n) is 18.6. The first kappa shape index (κ1) is 24.3. The predicted octanol–water partition coefficient (Wildman–Crippen LogP) is 4.60. The molecular weight excluding hydrogens is 428 g/mol. The Morgan fingerprint density at radius 1 is 1.41 bits per heavy atom. The molecule has 1 aromatic heterocycles. The molecule has 1 saturated heterocycles.